The number of carbonyl (C=O) groups excluding carboxylic acids is 2. The van der Waals surface area contributed by atoms with Crippen LogP contribution in [0.2, 0.25) is 0 Å². The summed E-state index contributed by atoms with van der Waals surface area (Å²) in [5.41, 5.74) is -0.0938. The van der Waals surface area contributed by atoms with Crippen LogP contribution in [-0.2, 0) is 11.0 Å². The van der Waals surface area contributed by atoms with Gasteiger partial charge in [-0.25, -0.2) is 0 Å². The van der Waals surface area contributed by atoms with E-state index in [0.717, 1.165) is 12.1 Å². The molecule has 0 bridgehead atoms. The van der Waals surface area contributed by atoms with Gasteiger partial charge in [0.15, 0.2) is 18.1 Å². The number of nitrogens with one attached hydrogen (secondary N) is 2. The maximum absolute atomic E-state index is 12.9. The number of anilines is 2. The molecule has 0 spiro atoms. The largest absolute Gasteiger partial charge is 0.490 e. The molecule has 3 rings (SSSR count). The number of hydrogen-bond acceptors (Lipinski definition) is 5. The highest BCUT2D eigenvalue weighted by Gasteiger charge is 2.30. The first-order valence-corrected chi connectivity index (χ1v) is 10.4. The van der Waals surface area contributed by atoms with Gasteiger partial charge in [-0.2, -0.15) is 18.4 Å². The Kier molecular flexibility index (Phi) is 7.94. The van der Waals surface area contributed by atoms with Crippen molar-refractivity contribution < 1.29 is 32.2 Å². The predicted octanol–water partition coefficient (Wildman–Crippen LogP) is 5.25. The number of ether oxygens (including phenoxy) is 2. The molecule has 2 N–H and O–H groups in total. The van der Waals surface area contributed by atoms with Crippen LogP contribution in [0.3, 0.4) is 0 Å². The van der Waals surface area contributed by atoms with Gasteiger partial charge in [-0.3, -0.25) is 9.59 Å². The van der Waals surface area contributed by atoms with Gasteiger partial charge in [-0.15, -0.1) is 0 Å². The van der Waals surface area contributed by atoms with E-state index in [-0.39, 0.29) is 23.6 Å². The highest BCUT2D eigenvalue weighted by atomic mass is 19.4. The van der Waals surface area contributed by atoms with E-state index < -0.39 is 23.6 Å². The minimum absolute atomic E-state index is 0.0137. The minimum atomic E-state index is -4.53. The molecule has 0 heterocycles. The molecule has 2 amide bonds. The van der Waals surface area contributed by atoms with Crippen LogP contribution in [0.1, 0.15) is 28.4 Å². The van der Waals surface area contributed by atoms with Gasteiger partial charge >= 0.3 is 6.18 Å². The lowest BCUT2D eigenvalue weighted by atomic mass is 10.1. The average Bonchev–Trinajstić information content (AvgIpc) is 2.83. The van der Waals surface area contributed by atoms with Gasteiger partial charge < -0.3 is 20.1 Å². The van der Waals surface area contributed by atoms with Gasteiger partial charge in [0.05, 0.1) is 23.8 Å². The van der Waals surface area contributed by atoms with Gasteiger partial charge in [0.2, 0.25) is 0 Å². The fourth-order valence-corrected chi connectivity index (χ4v) is 3.02. The molecule has 3 aromatic rings. The zero-order valence-corrected chi connectivity index (χ0v) is 18.5. The van der Waals surface area contributed by atoms with Crippen LogP contribution in [0.4, 0.5) is 24.5 Å². The van der Waals surface area contributed by atoms with E-state index in [4.69, 9.17) is 14.7 Å². The summed E-state index contributed by atoms with van der Waals surface area (Å²) in [6.07, 6.45) is -4.53. The normalized spacial score (nSPS) is 10.7. The Morgan fingerprint density at radius 2 is 1.63 bits per heavy atom. The minimum Gasteiger partial charge on any atom is -0.490 e. The molecule has 180 valence electrons. The van der Waals surface area contributed by atoms with Crippen molar-refractivity contribution in [3.63, 3.8) is 0 Å². The Balaban J connectivity index is 1.63. The summed E-state index contributed by atoms with van der Waals surface area (Å²) in [5.74, 6) is -0.550. The van der Waals surface area contributed by atoms with Crippen molar-refractivity contribution >= 4 is 23.2 Å². The second-order valence-corrected chi connectivity index (χ2v) is 7.16. The molecule has 3 aromatic carbocycles. The van der Waals surface area contributed by atoms with Crippen LogP contribution < -0.4 is 20.1 Å². The number of amides is 2. The summed E-state index contributed by atoms with van der Waals surface area (Å²) in [5, 5.41) is 14.0. The monoisotopic (exact) mass is 483 g/mol. The molecule has 35 heavy (non-hydrogen) atoms. The van der Waals surface area contributed by atoms with Crippen molar-refractivity contribution in [1.82, 2.24) is 0 Å². The Labute approximate surface area is 199 Å². The highest BCUT2D eigenvalue weighted by molar-refractivity contribution is 6.05. The second kappa shape index (κ2) is 11.1. The number of rotatable bonds is 8. The molecule has 0 fully saturated rings. The van der Waals surface area contributed by atoms with Gasteiger partial charge in [0.25, 0.3) is 11.8 Å². The number of nitrogens with zero attached hydrogens (tertiary/aromatic N) is 1. The lowest BCUT2D eigenvalue weighted by Gasteiger charge is -2.13. The molecular formula is C25H20F3N3O4. The molecule has 10 heteroatoms. The van der Waals surface area contributed by atoms with E-state index in [9.17, 15) is 22.8 Å². The molecular weight excluding hydrogens is 463 g/mol. The van der Waals surface area contributed by atoms with Gasteiger partial charge in [0, 0.05) is 23.0 Å². The predicted molar refractivity (Wildman–Crippen MR) is 122 cm³/mol. The number of halogens is 3. The Hall–Kier alpha value is -4.52. The van der Waals surface area contributed by atoms with Crippen LogP contribution >= 0.6 is 0 Å². The van der Waals surface area contributed by atoms with E-state index in [2.05, 4.69) is 10.6 Å². The Morgan fingerprint density at radius 1 is 0.914 bits per heavy atom. The standard InChI is InChI=1S/C25H20F3N3O4/c1-2-34-22-11-16(14-29)9-10-21(22)35-15-23(32)30-19-7-3-5-17(12-19)24(33)31-20-8-4-6-18(13-20)25(26,27)28/h3-13H,2,15H2,1H3,(H,30,32)(H,31,33). The lowest BCUT2D eigenvalue weighted by Crippen LogP contribution is -2.21. The third kappa shape index (κ3) is 6.98. The van der Waals surface area contributed by atoms with E-state index in [0.29, 0.717) is 23.6 Å². The van der Waals surface area contributed by atoms with Gasteiger partial charge in [-0.1, -0.05) is 12.1 Å². The summed E-state index contributed by atoms with van der Waals surface area (Å²) in [7, 11) is 0. The van der Waals surface area contributed by atoms with Crippen LogP contribution in [0.5, 0.6) is 11.5 Å². The first-order valence-electron chi connectivity index (χ1n) is 10.4. The maximum atomic E-state index is 12.9. The number of hydrogen-bond donors (Lipinski definition) is 2. The van der Waals surface area contributed by atoms with Crippen LogP contribution in [0.25, 0.3) is 0 Å². The fraction of sp³-hybridized carbons (Fsp3) is 0.160. The van der Waals surface area contributed by atoms with Crippen LogP contribution in [0.15, 0.2) is 66.7 Å². The van der Waals surface area contributed by atoms with Crippen LogP contribution in [0, 0.1) is 11.3 Å². The van der Waals surface area contributed by atoms with E-state index >= 15 is 0 Å². The molecule has 0 saturated heterocycles. The van der Waals surface area contributed by atoms with Crippen molar-refractivity contribution in [2.45, 2.75) is 13.1 Å². The average molecular weight is 483 g/mol. The quantitative estimate of drug-likeness (QED) is 0.456. The number of benzene rings is 3. The van der Waals surface area contributed by atoms with E-state index in [1.165, 1.54) is 48.5 Å². The molecule has 0 aliphatic rings. The lowest BCUT2D eigenvalue weighted by molar-refractivity contribution is -0.137. The zero-order valence-electron chi connectivity index (χ0n) is 18.5. The summed E-state index contributed by atoms with van der Waals surface area (Å²) >= 11 is 0. The molecule has 0 atom stereocenters. The Bertz CT molecular complexity index is 1270. The summed E-state index contributed by atoms with van der Waals surface area (Å²) in [6, 6.07) is 16.7. The smallest absolute Gasteiger partial charge is 0.416 e. The number of carbonyl (C=O) groups is 2. The van der Waals surface area contributed by atoms with Crippen molar-refractivity contribution in [1.29, 1.82) is 5.26 Å². The van der Waals surface area contributed by atoms with E-state index in [1.54, 1.807) is 13.0 Å². The third-order valence-corrected chi connectivity index (χ3v) is 4.59. The Morgan fingerprint density at radius 3 is 2.31 bits per heavy atom. The van der Waals surface area contributed by atoms with Gasteiger partial charge in [0.1, 0.15) is 0 Å². The number of alkyl halides is 3. The van der Waals surface area contributed by atoms with Crippen LogP contribution in [-0.4, -0.2) is 25.0 Å². The van der Waals surface area contributed by atoms with E-state index in [1.807, 2.05) is 6.07 Å². The summed E-state index contributed by atoms with van der Waals surface area (Å²) in [6.45, 7) is 1.74. The molecule has 0 saturated carbocycles. The molecule has 0 unspecified atom stereocenters. The SMILES string of the molecule is CCOc1cc(C#N)ccc1OCC(=O)Nc1cccc(C(=O)Nc2cccc(C(F)(F)F)c2)c1. The van der Waals surface area contributed by atoms with Gasteiger partial charge in [-0.05, 0) is 55.5 Å². The first-order chi connectivity index (χ1) is 16.7. The third-order valence-electron chi connectivity index (χ3n) is 4.59. The molecule has 7 nitrogen and oxygen atoms in total. The first kappa shape index (κ1) is 25.1. The maximum Gasteiger partial charge on any atom is 0.416 e. The fourth-order valence-electron chi connectivity index (χ4n) is 3.02. The topological polar surface area (TPSA) is 100 Å². The highest BCUT2D eigenvalue weighted by Crippen LogP contribution is 2.31. The van der Waals surface area contributed by atoms with Crippen molar-refractivity contribution in [2.24, 2.45) is 0 Å². The van der Waals surface area contributed by atoms with Crippen molar-refractivity contribution in [3.05, 3.63) is 83.4 Å². The molecule has 0 aromatic heterocycles. The number of nitriles is 1. The van der Waals surface area contributed by atoms with Crippen molar-refractivity contribution in [3.8, 4) is 17.6 Å². The summed E-state index contributed by atoms with van der Waals surface area (Å²) < 4.78 is 49.6. The molecule has 0 radical (unpaired) electrons. The molecule has 0 aliphatic carbocycles. The van der Waals surface area contributed by atoms with Crippen molar-refractivity contribution in [2.75, 3.05) is 23.8 Å². The second-order valence-electron chi connectivity index (χ2n) is 7.16. The zero-order chi connectivity index (χ0) is 25.4. The summed E-state index contributed by atoms with van der Waals surface area (Å²) in [4.78, 5) is 24.9. The molecule has 0 aliphatic heterocycles.